The summed E-state index contributed by atoms with van der Waals surface area (Å²) in [5, 5.41) is 17.2. The van der Waals surface area contributed by atoms with Crippen molar-refractivity contribution in [3.63, 3.8) is 0 Å². The van der Waals surface area contributed by atoms with Gasteiger partial charge in [0, 0.05) is 50.5 Å². The van der Waals surface area contributed by atoms with Crippen LogP contribution in [0.5, 0.6) is 5.75 Å². The van der Waals surface area contributed by atoms with Crippen LogP contribution in [0.3, 0.4) is 0 Å². The SMILES string of the molecule is CC(C)(C)c1cc(-c2nc(-c3cc(N(c4ccccn4)c4cccc5ccccc45)cc4oc5ccccc5c34)nc3c2oc2ccccc23)c(O)c(C(C)(C)C)c1. The first-order chi connectivity index (χ1) is 27.9. The Morgan fingerprint density at radius 1 is 0.586 bits per heavy atom. The van der Waals surface area contributed by atoms with Gasteiger partial charge in [-0.05, 0) is 70.3 Å². The Kier molecular flexibility index (Phi) is 7.96. The maximum atomic E-state index is 12.3. The largest absolute Gasteiger partial charge is 0.507 e. The van der Waals surface area contributed by atoms with Gasteiger partial charge in [-0.25, -0.2) is 15.0 Å². The molecule has 0 atom stereocenters. The minimum atomic E-state index is -0.351. The van der Waals surface area contributed by atoms with Gasteiger partial charge in [0.1, 0.15) is 39.5 Å². The summed E-state index contributed by atoms with van der Waals surface area (Å²) in [5.74, 6) is 1.40. The zero-order valence-corrected chi connectivity index (χ0v) is 33.3. The fraction of sp³-hybridized carbons (Fsp3) is 0.157. The molecule has 0 amide bonds. The number of pyridine rings is 1. The molecule has 6 aromatic carbocycles. The van der Waals surface area contributed by atoms with Crippen molar-refractivity contribution in [2.24, 2.45) is 0 Å². The molecule has 0 fully saturated rings. The number of nitrogens with zero attached hydrogens (tertiary/aromatic N) is 4. The highest BCUT2D eigenvalue weighted by atomic mass is 16.3. The Bertz CT molecular complexity index is 3220. The molecule has 0 aliphatic carbocycles. The lowest BCUT2D eigenvalue weighted by Crippen LogP contribution is -2.17. The van der Waals surface area contributed by atoms with E-state index >= 15 is 0 Å². The molecule has 4 heterocycles. The van der Waals surface area contributed by atoms with Crippen LogP contribution >= 0.6 is 0 Å². The molecule has 0 saturated heterocycles. The molecule has 284 valence electrons. The Morgan fingerprint density at radius 2 is 1.28 bits per heavy atom. The van der Waals surface area contributed by atoms with E-state index in [1.807, 2.05) is 66.9 Å². The van der Waals surface area contributed by atoms with Crippen molar-refractivity contribution in [2.45, 2.75) is 52.4 Å². The molecule has 10 rings (SSSR count). The van der Waals surface area contributed by atoms with Gasteiger partial charge in [0.25, 0.3) is 0 Å². The van der Waals surface area contributed by atoms with Crippen molar-refractivity contribution in [2.75, 3.05) is 4.90 Å². The van der Waals surface area contributed by atoms with Gasteiger partial charge in [-0.15, -0.1) is 0 Å². The normalized spacial score (nSPS) is 12.4. The van der Waals surface area contributed by atoms with Gasteiger partial charge in [0.2, 0.25) is 0 Å². The second-order valence-corrected chi connectivity index (χ2v) is 17.1. The lowest BCUT2D eigenvalue weighted by Gasteiger charge is -2.27. The maximum absolute atomic E-state index is 12.3. The molecule has 0 bridgehead atoms. The van der Waals surface area contributed by atoms with E-state index < -0.39 is 0 Å². The van der Waals surface area contributed by atoms with E-state index in [4.69, 9.17) is 23.8 Å². The predicted octanol–water partition coefficient (Wildman–Crippen LogP) is 13.9. The molecule has 4 aromatic heterocycles. The number of phenols is 1. The molecule has 1 N–H and O–H groups in total. The smallest absolute Gasteiger partial charge is 0.180 e. The molecule has 0 saturated carbocycles. The third-order valence-corrected chi connectivity index (χ3v) is 11.1. The number of furan rings is 2. The molecule has 0 radical (unpaired) electrons. The molecule has 0 unspecified atom stereocenters. The molecule has 10 aromatic rings. The molecular weight excluding hydrogens is 717 g/mol. The van der Waals surface area contributed by atoms with Crippen LogP contribution in [0, 0.1) is 0 Å². The summed E-state index contributed by atoms with van der Waals surface area (Å²) in [6.45, 7) is 12.9. The second-order valence-electron chi connectivity index (χ2n) is 17.1. The standard InChI is InChI=1S/C51H42N4O3/c1-50(2,3)31-26-37(47(56)38(27-31)51(4,5)6)46-48-45(35-20-10-12-23-41(35)58-48)53-49(54-46)36-28-32(29-42-44(36)34-19-9-11-22-40(34)57-42)55(43-24-13-14-25-52-43)39-21-15-17-30-16-7-8-18-33(30)39/h7-29,56H,1-6H3. The molecule has 7 heteroatoms. The summed E-state index contributed by atoms with van der Waals surface area (Å²) in [6.07, 6.45) is 1.81. The third-order valence-electron chi connectivity index (χ3n) is 11.1. The summed E-state index contributed by atoms with van der Waals surface area (Å²) in [4.78, 5) is 17.8. The van der Waals surface area contributed by atoms with E-state index in [-0.39, 0.29) is 16.6 Å². The minimum Gasteiger partial charge on any atom is -0.507 e. The number of fused-ring (bicyclic) bond motifs is 7. The topological polar surface area (TPSA) is 88.4 Å². The monoisotopic (exact) mass is 758 g/mol. The molecule has 0 aliphatic rings. The number of benzene rings is 6. The highest BCUT2D eigenvalue weighted by Crippen LogP contribution is 2.48. The number of aromatic nitrogens is 3. The summed E-state index contributed by atoms with van der Waals surface area (Å²) in [7, 11) is 0. The van der Waals surface area contributed by atoms with Crippen molar-refractivity contribution >= 4 is 72.0 Å². The van der Waals surface area contributed by atoms with Crippen LogP contribution in [-0.4, -0.2) is 20.1 Å². The molecule has 58 heavy (non-hydrogen) atoms. The fourth-order valence-corrected chi connectivity index (χ4v) is 8.14. The number of hydrogen-bond donors (Lipinski definition) is 1. The zero-order valence-electron chi connectivity index (χ0n) is 33.3. The van der Waals surface area contributed by atoms with Crippen LogP contribution in [0.15, 0.2) is 148 Å². The summed E-state index contributed by atoms with van der Waals surface area (Å²) in [6, 6.07) is 45.0. The first kappa shape index (κ1) is 35.4. The minimum absolute atomic E-state index is 0.178. The van der Waals surface area contributed by atoms with E-state index in [0.717, 1.165) is 66.4 Å². The van der Waals surface area contributed by atoms with E-state index in [0.29, 0.717) is 39.3 Å². The summed E-state index contributed by atoms with van der Waals surface area (Å²) < 4.78 is 13.3. The lowest BCUT2D eigenvalue weighted by molar-refractivity contribution is 0.446. The van der Waals surface area contributed by atoms with E-state index in [2.05, 4.69) is 119 Å². The van der Waals surface area contributed by atoms with Gasteiger partial charge in [-0.1, -0.05) is 120 Å². The third kappa shape index (κ3) is 5.76. The Labute approximate surface area is 336 Å². The number of rotatable bonds is 5. The Balaban J connectivity index is 1.33. The van der Waals surface area contributed by atoms with Gasteiger partial charge in [0.05, 0.1) is 11.4 Å². The van der Waals surface area contributed by atoms with Crippen molar-refractivity contribution < 1.29 is 13.9 Å². The quantitative estimate of drug-likeness (QED) is 0.187. The van der Waals surface area contributed by atoms with Gasteiger partial charge >= 0.3 is 0 Å². The van der Waals surface area contributed by atoms with Crippen LogP contribution in [-0.2, 0) is 10.8 Å². The molecule has 0 aliphatic heterocycles. The van der Waals surface area contributed by atoms with Crippen LogP contribution in [0.25, 0.3) is 77.4 Å². The van der Waals surface area contributed by atoms with Crippen LogP contribution < -0.4 is 4.90 Å². The number of hydrogen-bond acceptors (Lipinski definition) is 7. The van der Waals surface area contributed by atoms with Gasteiger partial charge < -0.3 is 13.9 Å². The highest BCUT2D eigenvalue weighted by Gasteiger charge is 2.30. The number of aromatic hydroxyl groups is 1. The Hall–Kier alpha value is -6.99. The maximum Gasteiger partial charge on any atom is 0.180 e. The zero-order chi connectivity index (χ0) is 39.9. The highest BCUT2D eigenvalue weighted by molar-refractivity contribution is 6.15. The van der Waals surface area contributed by atoms with Crippen LogP contribution in [0.2, 0.25) is 0 Å². The van der Waals surface area contributed by atoms with Crippen molar-refractivity contribution in [3.8, 4) is 28.4 Å². The average molecular weight is 759 g/mol. The molecule has 7 nitrogen and oxygen atoms in total. The van der Waals surface area contributed by atoms with Crippen molar-refractivity contribution in [1.29, 1.82) is 0 Å². The van der Waals surface area contributed by atoms with Crippen LogP contribution in [0.4, 0.5) is 17.2 Å². The Morgan fingerprint density at radius 3 is 2.02 bits per heavy atom. The van der Waals surface area contributed by atoms with Gasteiger partial charge in [0.15, 0.2) is 11.4 Å². The second kappa shape index (κ2) is 13.0. The van der Waals surface area contributed by atoms with Gasteiger partial charge in [-0.3, -0.25) is 4.90 Å². The van der Waals surface area contributed by atoms with E-state index in [1.54, 1.807) is 0 Å². The molecule has 0 spiro atoms. The predicted molar refractivity (Wildman–Crippen MR) is 237 cm³/mol. The first-order valence-electron chi connectivity index (χ1n) is 19.7. The van der Waals surface area contributed by atoms with E-state index in [1.165, 1.54) is 0 Å². The summed E-state index contributed by atoms with van der Waals surface area (Å²) in [5.41, 5.74) is 8.36. The average Bonchev–Trinajstić information content (AvgIpc) is 3.79. The summed E-state index contributed by atoms with van der Waals surface area (Å²) >= 11 is 0. The van der Waals surface area contributed by atoms with E-state index in [9.17, 15) is 5.11 Å². The number of anilines is 3. The van der Waals surface area contributed by atoms with Crippen molar-refractivity contribution in [1.82, 2.24) is 15.0 Å². The molecular formula is C51H42N4O3. The van der Waals surface area contributed by atoms with Crippen molar-refractivity contribution in [3.05, 3.63) is 151 Å². The number of para-hydroxylation sites is 2. The number of phenolic OH excluding ortho intramolecular Hbond substituents is 1. The van der Waals surface area contributed by atoms with Crippen LogP contribution in [0.1, 0.15) is 52.7 Å². The van der Waals surface area contributed by atoms with Gasteiger partial charge in [-0.2, -0.15) is 0 Å². The lowest BCUT2D eigenvalue weighted by atomic mass is 9.78. The first-order valence-corrected chi connectivity index (χ1v) is 19.7. The fourth-order valence-electron chi connectivity index (χ4n) is 8.14.